The lowest BCUT2D eigenvalue weighted by Crippen LogP contribution is -2.31. The summed E-state index contributed by atoms with van der Waals surface area (Å²) in [5.41, 5.74) is 4.24. The first-order valence-corrected chi connectivity index (χ1v) is 9.67. The van der Waals surface area contributed by atoms with E-state index in [-0.39, 0.29) is 12.3 Å². The minimum absolute atomic E-state index is 0.0393. The molecule has 1 aliphatic carbocycles. The zero-order chi connectivity index (χ0) is 20.5. The van der Waals surface area contributed by atoms with Crippen LogP contribution in [0, 0.1) is 13.8 Å². The van der Waals surface area contributed by atoms with Crippen molar-refractivity contribution in [1.82, 2.24) is 15.5 Å². The Kier molecular flexibility index (Phi) is 5.05. The second-order valence-corrected chi connectivity index (χ2v) is 7.53. The first-order valence-electron chi connectivity index (χ1n) is 9.67. The highest BCUT2D eigenvalue weighted by molar-refractivity contribution is 6.06. The molecule has 0 saturated heterocycles. The van der Waals surface area contributed by atoms with Gasteiger partial charge < -0.3 is 14.6 Å². The number of carbonyl (C=O) groups is 2. The zero-order valence-electron chi connectivity index (χ0n) is 16.7. The smallest absolute Gasteiger partial charge is 0.307 e. The first-order chi connectivity index (χ1) is 14.0. The third-order valence-electron chi connectivity index (χ3n) is 5.26. The molecule has 7 nitrogen and oxygen atoms in total. The van der Waals surface area contributed by atoms with Gasteiger partial charge in [0.05, 0.1) is 36.2 Å². The third-order valence-corrected chi connectivity index (χ3v) is 5.26. The minimum Gasteiger partial charge on any atom is -0.469 e. The highest BCUT2D eigenvalue weighted by Gasteiger charge is 2.29. The normalized spacial score (nSPS) is 14.6. The maximum atomic E-state index is 13.3. The second kappa shape index (κ2) is 7.66. The number of methoxy groups -OCH3 is 1. The molecular formula is C22H23N3O4. The number of rotatable bonds is 6. The summed E-state index contributed by atoms with van der Waals surface area (Å²) in [5.74, 6) is -0.324. The van der Waals surface area contributed by atoms with Crippen LogP contribution in [0.4, 0.5) is 0 Å². The molecule has 0 aliphatic heterocycles. The molecule has 0 unspecified atom stereocenters. The Morgan fingerprint density at radius 2 is 1.97 bits per heavy atom. The van der Waals surface area contributed by atoms with Crippen LogP contribution in [0.1, 0.15) is 64.1 Å². The first kappa shape index (κ1) is 19.1. The number of nitrogens with one attached hydrogen (secondary N) is 1. The lowest BCUT2D eigenvalue weighted by molar-refractivity contribution is -0.141. The summed E-state index contributed by atoms with van der Waals surface area (Å²) in [6.45, 7) is 3.77. The van der Waals surface area contributed by atoms with E-state index in [2.05, 4.69) is 15.5 Å². The number of amides is 1. The van der Waals surface area contributed by atoms with E-state index < -0.39 is 12.0 Å². The van der Waals surface area contributed by atoms with Gasteiger partial charge in [-0.2, -0.15) is 0 Å². The molecule has 2 heterocycles. The maximum absolute atomic E-state index is 13.3. The van der Waals surface area contributed by atoms with E-state index in [1.807, 2.05) is 37.3 Å². The van der Waals surface area contributed by atoms with Crippen molar-refractivity contribution >= 4 is 23.0 Å². The van der Waals surface area contributed by atoms with Gasteiger partial charge in [-0.1, -0.05) is 35.0 Å². The van der Waals surface area contributed by atoms with Gasteiger partial charge >= 0.3 is 5.97 Å². The van der Waals surface area contributed by atoms with Crippen molar-refractivity contribution in [3.05, 3.63) is 58.4 Å². The summed E-state index contributed by atoms with van der Waals surface area (Å²) in [6.07, 6.45) is 2.15. The summed E-state index contributed by atoms with van der Waals surface area (Å²) < 4.78 is 10.2. The van der Waals surface area contributed by atoms with Gasteiger partial charge in [0.1, 0.15) is 0 Å². The quantitative estimate of drug-likeness (QED) is 0.641. The van der Waals surface area contributed by atoms with Gasteiger partial charge in [-0.05, 0) is 38.3 Å². The van der Waals surface area contributed by atoms with Gasteiger partial charge in [-0.3, -0.25) is 9.59 Å². The number of ether oxygens (including phenoxy) is 1. The zero-order valence-corrected chi connectivity index (χ0v) is 16.7. The van der Waals surface area contributed by atoms with E-state index in [9.17, 15) is 9.59 Å². The summed E-state index contributed by atoms with van der Waals surface area (Å²) in [5, 5.41) is 7.57. The van der Waals surface area contributed by atoms with Crippen molar-refractivity contribution in [3.63, 3.8) is 0 Å². The molecule has 29 heavy (non-hydrogen) atoms. The van der Waals surface area contributed by atoms with Gasteiger partial charge in [-0.15, -0.1) is 0 Å². The Morgan fingerprint density at radius 1 is 1.24 bits per heavy atom. The van der Waals surface area contributed by atoms with Crippen molar-refractivity contribution in [2.24, 2.45) is 0 Å². The van der Waals surface area contributed by atoms with Crippen LogP contribution in [-0.4, -0.2) is 29.1 Å². The van der Waals surface area contributed by atoms with E-state index in [1.165, 1.54) is 7.11 Å². The van der Waals surface area contributed by atoms with Gasteiger partial charge in [0, 0.05) is 11.6 Å². The number of benzene rings is 1. The van der Waals surface area contributed by atoms with Crippen LogP contribution in [0.2, 0.25) is 0 Å². The molecule has 0 bridgehead atoms. The molecule has 1 aromatic carbocycles. The molecule has 3 aromatic rings. The molecule has 1 aliphatic rings. The lowest BCUT2D eigenvalue weighted by Gasteiger charge is -2.19. The van der Waals surface area contributed by atoms with Crippen LogP contribution in [0.5, 0.6) is 0 Å². The Morgan fingerprint density at radius 3 is 2.62 bits per heavy atom. The van der Waals surface area contributed by atoms with Crippen LogP contribution in [0.25, 0.3) is 11.1 Å². The Balaban J connectivity index is 1.69. The molecule has 7 heteroatoms. The average molecular weight is 393 g/mol. The Labute approximate surface area is 168 Å². The van der Waals surface area contributed by atoms with Crippen LogP contribution in [-0.2, 0) is 9.53 Å². The number of aromatic nitrogens is 2. The van der Waals surface area contributed by atoms with E-state index in [1.54, 1.807) is 6.92 Å². The van der Waals surface area contributed by atoms with Crippen molar-refractivity contribution in [3.8, 4) is 0 Å². The van der Waals surface area contributed by atoms with E-state index in [4.69, 9.17) is 9.26 Å². The monoisotopic (exact) mass is 393 g/mol. The van der Waals surface area contributed by atoms with Crippen molar-refractivity contribution in [1.29, 1.82) is 0 Å². The summed E-state index contributed by atoms with van der Waals surface area (Å²) in [7, 11) is 1.34. The number of hydrogen-bond donors (Lipinski definition) is 1. The number of aryl methyl sites for hydroxylation is 2. The molecule has 2 aromatic heterocycles. The van der Waals surface area contributed by atoms with Crippen molar-refractivity contribution in [2.75, 3.05) is 7.11 Å². The number of esters is 1. The summed E-state index contributed by atoms with van der Waals surface area (Å²) >= 11 is 0. The highest BCUT2D eigenvalue weighted by Crippen LogP contribution is 2.40. The average Bonchev–Trinajstić information content (AvgIpc) is 3.50. The van der Waals surface area contributed by atoms with E-state index >= 15 is 0 Å². The molecule has 1 saturated carbocycles. The molecular weight excluding hydrogens is 370 g/mol. The summed E-state index contributed by atoms with van der Waals surface area (Å²) in [6, 6.07) is 9.03. The number of nitrogens with zero attached hydrogens (tertiary/aromatic N) is 2. The topological polar surface area (TPSA) is 94.3 Å². The van der Waals surface area contributed by atoms with Crippen LogP contribution < -0.4 is 5.32 Å². The lowest BCUT2D eigenvalue weighted by atomic mass is 10.0. The van der Waals surface area contributed by atoms with Crippen molar-refractivity contribution in [2.45, 2.75) is 45.1 Å². The fourth-order valence-electron chi connectivity index (χ4n) is 3.42. The Bertz CT molecular complexity index is 1070. The van der Waals surface area contributed by atoms with Gasteiger partial charge in [0.15, 0.2) is 0 Å². The van der Waals surface area contributed by atoms with Crippen LogP contribution >= 0.6 is 0 Å². The highest BCUT2D eigenvalue weighted by atomic mass is 16.5. The van der Waals surface area contributed by atoms with E-state index in [0.717, 1.165) is 29.7 Å². The molecule has 4 rings (SSSR count). The number of hydrogen-bond acceptors (Lipinski definition) is 6. The fraction of sp³-hybridized carbons (Fsp3) is 0.364. The molecule has 1 N–H and O–H groups in total. The van der Waals surface area contributed by atoms with Gasteiger partial charge in [0.2, 0.25) is 0 Å². The maximum Gasteiger partial charge on any atom is 0.307 e. The minimum atomic E-state index is -0.511. The number of pyridine rings is 1. The largest absolute Gasteiger partial charge is 0.469 e. The predicted molar refractivity (Wildman–Crippen MR) is 107 cm³/mol. The van der Waals surface area contributed by atoms with Gasteiger partial charge in [0.25, 0.3) is 11.6 Å². The van der Waals surface area contributed by atoms with Crippen molar-refractivity contribution < 1.29 is 18.8 Å². The Hall–Kier alpha value is -3.22. The SMILES string of the molecule is COC(=O)C[C@@H](NC(=O)c1cc(C2CC2)nc2onc(C)c12)c1ccc(C)cc1. The third kappa shape index (κ3) is 3.99. The van der Waals surface area contributed by atoms with Gasteiger partial charge in [-0.25, -0.2) is 4.98 Å². The number of fused-ring (bicyclic) bond motifs is 1. The molecule has 0 spiro atoms. The molecule has 0 radical (unpaired) electrons. The van der Waals surface area contributed by atoms with Crippen LogP contribution in [0.3, 0.4) is 0 Å². The molecule has 1 atom stereocenters. The second-order valence-electron chi connectivity index (χ2n) is 7.53. The molecule has 1 fully saturated rings. The standard InChI is InChI=1S/C22H23N3O4/c1-12-4-6-14(7-5-12)18(11-19(26)28-3)23-21(27)16-10-17(15-8-9-15)24-22-20(16)13(2)25-29-22/h4-7,10,15,18H,8-9,11H2,1-3H3,(H,23,27)/t18-/m1/s1. The number of carbonyl (C=O) groups excluding carboxylic acids is 2. The molecule has 150 valence electrons. The van der Waals surface area contributed by atoms with E-state index in [0.29, 0.717) is 28.3 Å². The summed E-state index contributed by atoms with van der Waals surface area (Å²) in [4.78, 5) is 29.7. The molecule has 1 amide bonds. The fourth-order valence-corrected chi connectivity index (χ4v) is 3.42. The predicted octanol–water partition coefficient (Wildman–Crippen LogP) is 3.75. The van der Waals surface area contributed by atoms with Crippen LogP contribution in [0.15, 0.2) is 34.9 Å².